The van der Waals surface area contributed by atoms with Gasteiger partial charge in [0.1, 0.15) is 11.6 Å². The Labute approximate surface area is 158 Å². The van der Waals surface area contributed by atoms with Crippen molar-refractivity contribution < 1.29 is 19.0 Å². The molecule has 0 fully saturated rings. The van der Waals surface area contributed by atoms with Crippen molar-refractivity contribution in [2.75, 3.05) is 7.11 Å². The minimum Gasteiger partial charge on any atom is -0.497 e. The highest BCUT2D eigenvalue weighted by Gasteiger charge is 2.19. The number of methoxy groups -OCH3 is 1. The molecule has 0 amide bonds. The predicted molar refractivity (Wildman–Crippen MR) is 102 cm³/mol. The maximum Gasteiger partial charge on any atom is 0.308 e. The van der Waals surface area contributed by atoms with Crippen LogP contribution in [0.15, 0.2) is 54.7 Å². The van der Waals surface area contributed by atoms with Gasteiger partial charge in [-0.1, -0.05) is 0 Å². The molecule has 2 aromatic carbocycles. The Morgan fingerprint density at radius 2 is 1.81 bits per heavy atom. The summed E-state index contributed by atoms with van der Waals surface area (Å²) in [6.07, 6.45) is 1.76. The van der Waals surface area contributed by atoms with Gasteiger partial charge in [0.2, 0.25) is 0 Å². The highest BCUT2D eigenvalue weighted by Crippen LogP contribution is 2.34. The van der Waals surface area contributed by atoms with Crippen molar-refractivity contribution in [3.63, 3.8) is 0 Å². The molecule has 1 N–H and O–H groups in total. The van der Waals surface area contributed by atoms with E-state index in [-0.39, 0.29) is 12.2 Å². The van der Waals surface area contributed by atoms with Gasteiger partial charge < -0.3 is 9.84 Å². The molecular formula is C20H15FN2O3S. The maximum absolute atomic E-state index is 13.3. The van der Waals surface area contributed by atoms with Crippen LogP contribution in [-0.4, -0.2) is 27.6 Å². The SMILES string of the molecule is COc1ccc(-c2cn3c(-c4ccc(F)cc4)c(CC(=O)O)sc3n2)cc1. The number of aromatic nitrogens is 2. The van der Waals surface area contributed by atoms with Gasteiger partial charge in [-0.3, -0.25) is 9.20 Å². The highest BCUT2D eigenvalue weighted by molar-refractivity contribution is 7.17. The van der Waals surface area contributed by atoms with Gasteiger partial charge in [-0.2, -0.15) is 0 Å². The fourth-order valence-electron chi connectivity index (χ4n) is 2.95. The molecule has 0 aliphatic heterocycles. The van der Waals surface area contributed by atoms with E-state index in [9.17, 15) is 14.3 Å². The molecule has 27 heavy (non-hydrogen) atoms. The van der Waals surface area contributed by atoms with Gasteiger partial charge >= 0.3 is 5.97 Å². The second-order valence-electron chi connectivity index (χ2n) is 5.96. The van der Waals surface area contributed by atoms with Crippen molar-refractivity contribution in [2.45, 2.75) is 6.42 Å². The van der Waals surface area contributed by atoms with Gasteiger partial charge in [-0.25, -0.2) is 9.37 Å². The fourth-order valence-corrected chi connectivity index (χ4v) is 4.07. The summed E-state index contributed by atoms with van der Waals surface area (Å²) in [6, 6.07) is 13.6. The van der Waals surface area contributed by atoms with E-state index in [1.165, 1.54) is 23.5 Å². The van der Waals surface area contributed by atoms with Crippen LogP contribution in [-0.2, 0) is 11.2 Å². The van der Waals surface area contributed by atoms with E-state index in [1.54, 1.807) is 19.2 Å². The van der Waals surface area contributed by atoms with Crippen LogP contribution < -0.4 is 4.74 Å². The summed E-state index contributed by atoms with van der Waals surface area (Å²) in [7, 11) is 1.61. The number of carboxylic acid groups (broad SMARTS) is 1. The molecule has 0 saturated carbocycles. The number of aliphatic carboxylic acids is 1. The third-order valence-corrected chi connectivity index (χ3v) is 5.26. The van der Waals surface area contributed by atoms with E-state index in [1.807, 2.05) is 34.9 Å². The first kappa shape index (κ1) is 17.2. The number of carbonyl (C=O) groups is 1. The Balaban J connectivity index is 1.85. The van der Waals surface area contributed by atoms with Gasteiger partial charge in [0, 0.05) is 16.6 Å². The lowest BCUT2D eigenvalue weighted by atomic mass is 10.1. The summed E-state index contributed by atoms with van der Waals surface area (Å²) in [5.74, 6) is -0.497. The first-order valence-corrected chi connectivity index (χ1v) is 8.99. The lowest BCUT2D eigenvalue weighted by molar-refractivity contribution is -0.136. The molecule has 2 heterocycles. The Kier molecular flexibility index (Phi) is 4.37. The summed E-state index contributed by atoms with van der Waals surface area (Å²) >= 11 is 1.33. The number of imidazole rings is 1. The van der Waals surface area contributed by atoms with Crippen LogP contribution >= 0.6 is 11.3 Å². The van der Waals surface area contributed by atoms with Crippen molar-refractivity contribution in [1.29, 1.82) is 0 Å². The molecule has 7 heteroatoms. The lowest BCUT2D eigenvalue weighted by Gasteiger charge is -2.04. The number of hydrogen-bond acceptors (Lipinski definition) is 4. The highest BCUT2D eigenvalue weighted by atomic mass is 32.1. The van der Waals surface area contributed by atoms with Crippen LogP contribution in [0, 0.1) is 5.82 Å². The number of carboxylic acids is 1. The number of fused-ring (bicyclic) bond motifs is 1. The van der Waals surface area contributed by atoms with Crippen LogP contribution in [0.4, 0.5) is 4.39 Å². The second-order valence-corrected chi connectivity index (χ2v) is 7.02. The topological polar surface area (TPSA) is 63.8 Å². The summed E-state index contributed by atoms with van der Waals surface area (Å²) in [6.45, 7) is 0. The monoisotopic (exact) mass is 382 g/mol. The molecule has 0 atom stereocenters. The Hall–Kier alpha value is -3.19. The Bertz CT molecular complexity index is 1110. The fraction of sp³-hybridized carbons (Fsp3) is 0.100. The first-order valence-electron chi connectivity index (χ1n) is 8.18. The normalized spacial score (nSPS) is 11.0. The van der Waals surface area contributed by atoms with Gasteiger partial charge in [-0.15, -0.1) is 11.3 Å². The van der Waals surface area contributed by atoms with E-state index in [0.29, 0.717) is 9.84 Å². The summed E-state index contributed by atoms with van der Waals surface area (Å²) < 4.78 is 20.4. The van der Waals surface area contributed by atoms with Gasteiger partial charge in [0.15, 0.2) is 4.96 Å². The number of ether oxygens (including phenoxy) is 1. The van der Waals surface area contributed by atoms with Gasteiger partial charge in [0.25, 0.3) is 0 Å². The molecule has 0 spiro atoms. The standard InChI is InChI=1S/C20H15FN2O3S/c1-26-15-8-4-12(5-9-15)16-11-23-19(13-2-6-14(21)7-3-13)17(10-18(24)25)27-20(23)22-16/h2-9,11H,10H2,1H3,(H,24,25). The molecule has 4 rings (SSSR count). The largest absolute Gasteiger partial charge is 0.497 e. The van der Waals surface area contributed by atoms with Gasteiger partial charge in [-0.05, 0) is 54.1 Å². The van der Waals surface area contributed by atoms with Crippen molar-refractivity contribution in [3.05, 3.63) is 65.4 Å². The number of halogens is 1. The molecule has 2 aromatic heterocycles. The molecule has 0 bridgehead atoms. The zero-order valence-corrected chi connectivity index (χ0v) is 15.2. The Morgan fingerprint density at radius 1 is 1.15 bits per heavy atom. The zero-order valence-electron chi connectivity index (χ0n) is 14.3. The molecule has 0 aliphatic carbocycles. The predicted octanol–water partition coefficient (Wildman–Crippen LogP) is 4.50. The summed E-state index contributed by atoms with van der Waals surface area (Å²) in [5.41, 5.74) is 3.17. The van der Waals surface area contributed by atoms with E-state index < -0.39 is 5.97 Å². The molecule has 0 unspecified atom stereocenters. The van der Waals surface area contributed by atoms with E-state index in [4.69, 9.17) is 4.74 Å². The van der Waals surface area contributed by atoms with E-state index in [2.05, 4.69) is 4.98 Å². The number of nitrogens with zero attached hydrogens (tertiary/aromatic N) is 2. The third-order valence-electron chi connectivity index (χ3n) is 4.21. The van der Waals surface area contributed by atoms with E-state index in [0.717, 1.165) is 28.3 Å². The smallest absolute Gasteiger partial charge is 0.308 e. The maximum atomic E-state index is 13.3. The Morgan fingerprint density at radius 3 is 2.44 bits per heavy atom. The number of rotatable bonds is 5. The third kappa shape index (κ3) is 3.29. The van der Waals surface area contributed by atoms with Crippen LogP contribution in [0.2, 0.25) is 0 Å². The molecule has 4 aromatic rings. The van der Waals surface area contributed by atoms with Crippen molar-refractivity contribution in [2.24, 2.45) is 0 Å². The minimum absolute atomic E-state index is 0.112. The number of thiazole rings is 1. The molecular weight excluding hydrogens is 367 g/mol. The molecule has 0 radical (unpaired) electrons. The molecule has 136 valence electrons. The second kappa shape index (κ2) is 6.85. The first-order chi connectivity index (χ1) is 13.0. The molecule has 5 nitrogen and oxygen atoms in total. The lowest BCUT2D eigenvalue weighted by Crippen LogP contribution is -2.00. The average Bonchev–Trinajstić information content (AvgIpc) is 3.20. The summed E-state index contributed by atoms with van der Waals surface area (Å²) in [5, 5.41) is 9.23. The quantitative estimate of drug-likeness (QED) is 0.552. The van der Waals surface area contributed by atoms with Crippen LogP contribution in [0.5, 0.6) is 5.75 Å². The van der Waals surface area contributed by atoms with Crippen molar-refractivity contribution >= 4 is 22.3 Å². The number of benzene rings is 2. The minimum atomic E-state index is -0.918. The molecule has 0 aliphatic rings. The van der Waals surface area contributed by atoms with Crippen molar-refractivity contribution in [3.8, 4) is 28.3 Å². The van der Waals surface area contributed by atoms with Crippen LogP contribution in [0.3, 0.4) is 0 Å². The van der Waals surface area contributed by atoms with E-state index >= 15 is 0 Å². The summed E-state index contributed by atoms with van der Waals surface area (Å²) in [4.78, 5) is 17.3. The zero-order chi connectivity index (χ0) is 19.0. The average molecular weight is 382 g/mol. The van der Waals surface area contributed by atoms with Crippen LogP contribution in [0.25, 0.3) is 27.5 Å². The van der Waals surface area contributed by atoms with Crippen LogP contribution in [0.1, 0.15) is 4.88 Å². The molecule has 0 saturated heterocycles. The van der Waals surface area contributed by atoms with Crippen molar-refractivity contribution in [1.82, 2.24) is 9.38 Å². The van der Waals surface area contributed by atoms with Gasteiger partial charge in [0.05, 0.1) is 24.9 Å². The number of hydrogen-bond donors (Lipinski definition) is 1.